The Hall–Kier alpha value is -0.520. The van der Waals surface area contributed by atoms with Gasteiger partial charge >= 0.3 is 16.4 Å². The summed E-state index contributed by atoms with van der Waals surface area (Å²) in [6, 6.07) is 0. The van der Waals surface area contributed by atoms with E-state index in [9.17, 15) is 43.2 Å². The van der Waals surface area contributed by atoms with Gasteiger partial charge in [0.05, 0.1) is 0 Å². The summed E-state index contributed by atoms with van der Waals surface area (Å²) in [6.45, 7) is 0. The highest BCUT2D eigenvalue weighted by Gasteiger charge is 2.78. The van der Waals surface area contributed by atoms with Crippen molar-refractivity contribution in [2.45, 2.75) is 16.4 Å². The van der Waals surface area contributed by atoms with Crippen LogP contribution in [0.25, 0.3) is 0 Å². The van der Waals surface area contributed by atoms with E-state index in [1.807, 2.05) is 0 Å². The fourth-order valence-electron chi connectivity index (χ4n) is 0.523. The molecule has 4 nitrogen and oxygen atoms in total. The van der Waals surface area contributed by atoms with Crippen molar-refractivity contribution in [3.05, 3.63) is 0 Å². The number of halogens is 6. The van der Waals surface area contributed by atoms with E-state index in [4.69, 9.17) is 0 Å². The molecule has 0 radical (unpaired) electrons. The van der Waals surface area contributed by atoms with E-state index in [-0.39, 0.29) is 0 Å². The Kier molecular flexibility index (Phi) is 3.63. The molecule has 0 fully saturated rings. The lowest BCUT2D eigenvalue weighted by molar-refractivity contribution is -0.242. The average molecular weight is 294 g/mol. The van der Waals surface area contributed by atoms with Crippen molar-refractivity contribution < 1.29 is 43.2 Å². The molecule has 0 atom stereocenters. The summed E-state index contributed by atoms with van der Waals surface area (Å²) < 4.78 is 114. The van der Waals surface area contributed by atoms with Crippen LogP contribution in [0.15, 0.2) is 0 Å². The predicted octanol–water partition coefficient (Wildman–Crippen LogP) is 0.463. The maximum atomic E-state index is 12.5. The van der Waals surface area contributed by atoms with E-state index in [0.29, 0.717) is 0 Å². The zero-order chi connectivity index (χ0) is 13.6. The van der Waals surface area contributed by atoms with Gasteiger partial charge in [-0.05, 0) is 0 Å². The molecule has 0 amide bonds. The van der Waals surface area contributed by atoms with Crippen molar-refractivity contribution >= 4 is 20.5 Å². The number of alkyl halides is 6. The highest BCUT2D eigenvalue weighted by atomic mass is 32.2. The summed E-state index contributed by atoms with van der Waals surface area (Å²) in [4.78, 5) is 0. The van der Waals surface area contributed by atoms with Gasteiger partial charge in [0.25, 0.3) is 0 Å². The summed E-state index contributed by atoms with van der Waals surface area (Å²) in [5, 5.41) is -12.4. The molecule has 0 rings (SSSR count). The summed E-state index contributed by atoms with van der Waals surface area (Å²) >= 11 is 0. The lowest BCUT2D eigenvalue weighted by atomic mass is 10.3. The van der Waals surface area contributed by atoms with Gasteiger partial charge in [0.2, 0.25) is 20.5 Å². The Morgan fingerprint density at radius 3 is 1.44 bits per heavy atom. The van der Waals surface area contributed by atoms with E-state index >= 15 is 0 Å². The molecule has 0 aliphatic heterocycles. The van der Waals surface area contributed by atoms with Crippen molar-refractivity contribution in [2.75, 3.05) is 6.26 Å². The topological polar surface area (TPSA) is 68.3 Å². The van der Waals surface area contributed by atoms with Crippen LogP contribution < -0.4 is 0 Å². The first-order chi connectivity index (χ1) is 6.69. The summed E-state index contributed by atoms with van der Waals surface area (Å²) in [6.07, 6.45) is -0.422. The first-order valence-electron chi connectivity index (χ1n) is 3.17. The van der Waals surface area contributed by atoms with Crippen LogP contribution in [0.1, 0.15) is 0 Å². The summed E-state index contributed by atoms with van der Waals surface area (Å²) in [5.74, 6) is -6.55. The molecule has 0 aliphatic carbocycles. The van der Waals surface area contributed by atoms with Gasteiger partial charge in [0, 0.05) is 6.26 Å². The van der Waals surface area contributed by atoms with Gasteiger partial charge < -0.3 is 0 Å². The van der Waals surface area contributed by atoms with Crippen LogP contribution in [-0.2, 0) is 20.5 Å². The molecule has 98 valence electrons. The minimum absolute atomic E-state index is 0.422. The molecular weight excluding hydrogens is 290 g/mol. The first kappa shape index (κ1) is 15.5. The second-order valence-electron chi connectivity index (χ2n) is 2.66. The van der Waals surface area contributed by atoms with Gasteiger partial charge in [-0.15, -0.1) is 0 Å². The third-order valence-electron chi connectivity index (χ3n) is 1.44. The molecule has 0 saturated carbocycles. The highest BCUT2D eigenvalue weighted by molar-refractivity contribution is 7.91. The van der Waals surface area contributed by atoms with Gasteiger partial charge in [-0.25, -0.2) is 16.8 Å². The fourth-order valence-corrected chi connectivity index (χ4v) is 1.56. The van der Waals surface area contributed by atoms with Crippen molar-refractivity contribution in [3.8, 4) is 0 Å². The van der Waals surface area contributed by atoms with Crippen LogP contribution in [0.3, 0.4) is 0 Å². The Morgan fingerprint density at radius 2 is 1.25 bits per heavy atom. The molecule has 0 heterocycles. The number of sulfone groups is 1. The van der Waals surface area contributed by atoms with Gasteiger partial charge in [-0.3, -0.25) is 0 Å². The molecule has 0 bridgehead atoms. The van der Waals surface area contributed by atoms with Crippen molar-refractivity contribution in [1.82, 2.24) is 0 Å². The van der Waals surface area contributed by atoms with Crippen LogP contribution in [-0.4, -0.2) is 39.5 Å². The van der Waals surface area contributed by atoms with Crippen LogP contribution >= 0.6 is 0 Å². The fraction of sp³-hybridized carbons (Fsp3) is 1.00. The van der Waals surface area contributed by atoms with Crippen molar-refractivity contribution in [2.24, 2.45) is 0 Å². The van der Waals surface area contributed by atoms with E-state index in [0.717, 1.165) is 0 Å². The second-order valence-corrected chi connectivity index (χ2v) is 5.79. The minimum atomic E-state index is -6.55. The van der Waals surface area contributed by atoms with Crippen LogP contribution in [0, 0.1) is 0 Å². The minimum Gasteiger partial charge on any atom is -0.225 e. The molecule has 0 aromatic heterocycles. The normalized spacial score (nSPS) is 15.5. The quantitative estimate of drug-likeness (QED) is 0.604. The van der Waals surface area contributed by atoms with Crippen LogP contribution in [0.5, 0.6) is 0 Å². The summed E-state index contributed by atoms with van der Waals surface area (Å²) in [5.41, 5.74) is 0. The summed E-state index contributed by atoms with van der Waals surface area (Å²) in [7, 11) is -11.2. The Bertz CT molecular complexity index is 441. The van der Waals surface area contributed by atoms with Crippen molar-refractivity contribution in [3.63, 3.8) is 0 Å². The molecule has 12 heteroatoms. The van der Waals surface area contributed by atoms with E-state index in [1.54, 1.807) is 0 Å². The van der Waals surface area contributed by atoms with Gasteiger partial charge in [-0.1, -0.05) is 0 Å². The maximum Gasteiger partial charge on any atom is 0.414 e. The third-order valence-corrected chi connectivity index (χ3v) is 3.37. The van der Waals surface area contributed by atoms with Crippen LogP contribution in [0.4, 0.5) is 26.3 Å². The SMILES string of the molecule is CS(=O)(=O)C(F)(F)C(F)(F)C(F)(F)[SH](=O)=O. The molecule has 16 heavy (non-hydrogen) atoms. The molecule has 0 aromatic rings. The lowest BCUT2D eigenvalue weighted by Gasteiger charge is -2.27. The second kappa shape index (κ2) is 3.75. The zero-order valence-electron chi connectivity index (χ0n) is 7.26. The highest BCUT2D eigenvalue weighted by Crippen LogP contribution is 2.48. The number of thiol groups is 1. The monoisotopic (exact) mass is 294 g/mol. The number of hydrogen-bond acceptors (Lipinski definition) is 4. The zero-order valence-corrected chi connectivity index (χ0v) is 8.97. The molecule has 0 N–H and O–H groups in total. The van der Waals surface area contributed by atoms with Gasteiger partial charge in [0.1, 0.15) is 0 Å². The van der Waals surface area contributed by atoms with Gasteiger partial charge in [0.15, 0.2) is 0 Å². The van der Waals surface area contributed by atoms with Gasteiger partial charge in [-0.2, -0.15) is 26.3 Å². The number of hydrogen-bond donors (Lipinski definition) is 1. The average Bonchev–Trinajstić information content (AvgIpc) is 2.00. The molecule has 0 spiro atoms. The first-order valence-corrected chi connectivity index (χ1v) is 6.24. The third kappa shape index (κ3) is 1.99. The Labute approximate surface area is 87.1 Å². The van der Waals surface area contributed by atoms with E-state index in [1.165, 1.54) is 0 Å². The standard InChI is InChI=1S/C4H4F6O4S2/c1-16(13,14)4(9,10)2(5,6)3(7,8)15(11)12/h15H,1H3. The predicted molar refractivity (Wildman–Crippen MR) is 40.0 cm³/mol. The van der Waals surface area contributed by atoms with E-state index in [2.05, 4.69) is 0 Å². The molecule has 0 saturated heterocycles. The smallest absolute Gasteiger partial charge is 0.225 e. The van der Waals surface area contributed by atoms with Crippen molar-refractivity contribution in [1.29, 1.82) is 0 Å². The van der Waals surface area contributed by atoms with Crippen LogP contribution in [0.2, 0.25) is 0 Å². The van der Waals surface area contributed by atoms with E-state index < -0.39 is 43.2 Å². The maximum absolute atomic E-state index is 12.5. The molecule has 0 aliphatic rings. The largest absolute Gasteiger partial charge is 0.414 e. The molecule has 0 unspecified atom stereocenters. The molecular formula is C4H4F6O4S2. The molecule has 0 aromatic carbocycles. The Morgan fingerprint density at radius 1 is 0.938 bits per heavy atom. The number of rotatable bonds is 4. The lowest BCUT2D eigenvalue weighted by Crippen LogP contribution is -2.58. The Balaban J connectivity index is 5.91.